The van der Waals surface area contributed by atoms with Crippen molar-refractivity contribution < 1.29 is 17.9 Å². The van der Waals surface area contributed by atoms with Gasteiger partial charge in [0.2, 0.25) is 10.0 Å². The number of hydrogen-bond acceptors (Lipinski definition) is 4. The Balaban J connectivity index is 2.11. The lowest BCUT2D eigenvalue weighted by Gasteiger charge is -2.13. The molecule has 1 unspecified atom stereocenters. The van der Waals surface area contributed by atoms with Crippen molar-refractivity contribution in [2.24, 2.45) is 0 Å². The van der Waals surface area contributed by atoms with Gasteiger partial charge in [-0.2, -0.15) is 0 Å². The van der Waals surface area contributed by atoms with E-state index in [4.69, 9.17) is 9.47 Å². The van der Waals surface area contributed by atoms with Gasteiger partial charge in [0, 0.05) is 13.2 Å². The van der Waals surface area contributed by atoms with E-state index in [-0.39, 0.29) is 11.0 Å². The number of ether oxygens (including phenoxy) is 2. The predicted molar refractivity (Wildman–Crippen MR) is 76.5 cm³/mol. The molecule has 0 bridgehead atoms. The molecular formula is C14H21NO4S. The van der Waals surface area contributed by atoms with Crippen LogP contribution >= 0.6 is 0 Å². The summed E-state index contributed by atoms with van der Waals surface area (Å²) in [6.07, 6.45) is 2.62. The second-order valence-corrected chi connectivity index (χ2v) is 6.58. The minimum absolute atomic E-state index is 0.00586. The monoisotopic (exact) mass is 299 g/mol. The van der Waals surface area contributed by atoms with Crippen molar-refractivity contribution in [2.45, 2.75) is 37.2 Å². The standard InChI is InChI=1S/C14H21NO4S/c1-3-11-9-13(6-7-14(11)18-2)20(16,17)15-10-12-5-4-8-19-12/h6-7,9,12,15H,3-5,8,10H2,1-2H3. The van der Waals surface area contributed by atoms with Crippen LogP contribution in [-0.4, -0.2) is 34.8 Å². The molecule has 0 amide bonds. The predicted octanol–water partition coefficient (Wildman–Crippen LogP) is 1.71. The summed E-state index contributed by atoms with van der Waals surface area (Å²) in [6.45, 7) is 3.01. The van der Waals surface area contributed by atoms with Crippen molar-refractivity contribution in [1.82, 2.24) is 4.72 Å². The van der Waals surface area contributed by atoms with Crippen LogP contribution in [0.1, 0.15) is 25.3 Å². The van der Waals surface area contributed by atoms with Crippen molar-refractivity contribution in [3.8, 4) is 5.75 Å². The molecule has 1 N–H and O–H groups in total. The van der Waals surface area contributed by atoms with Crippen LogP contribution in [0.15, 0.2) is 23.1 Å². The largest absolute Gasteiger partial charge is 0.496 e. The molecule has 0 saturated carbocycles. The normalized spacial score (nSPS) is 19.2. The highest BCUT2D eigenvalue weighted by Gasteiger charge is 2.20. The van der Waals surface area contributed by atoms with Gasteiger partial charge in [0.05, 0.1) is 18.1 Å². The van der Waals surface area contributed by atoms with Crippen LogP contribution in [0.5, 0.6) is 5.75 Å². The Bertz CT molecular complexity index is 550. The molecule has 1 aliphatic rings. The Morgan fingerprint density at radius 2 is 2.25 bits per heavy atom. The van der Waals surface area contributed by atoms with Gasteiger partial charge in [0.15, 0.2) is 0 Å². The highest BCUT2D eigenvalue weighted by Crippen LogP contribution is 2.23. The van der Waals surface area contributed by atoms with Crippen LogP contribution in [0.2, 0.25) is 0 Å². The van der Waals surface area contributed by atoms with Crippen LogP contribution in [-0.2, 0) is 21.2 Å². The average molecular weight is 299 g/mol. The zero-order chi connectivity index (χ0) is 14.6. The van der Waals surface area contributed by atoms with Crippen LogP contribution in [0.25, 0.3) is 0 Å². The Hall–Kier alpha value is -1.11. The van der Waals surface area contributed by atoms with Crippen molar-refractivity contribution in [1.29, 1.82) is 0 Å². The number of aryl methyl sites for hydroxylation is 1. The zero-order valence-electron chi connectivity index (χ0n) is 11.9. The Morgan fingerprint density at radius 3 is 2.85 bits per heavy atom. The van der Waals surface area contributed by atoms with Gasteiger partial charge >= 0.3 is 0 Å². The summed E-state index contributed by atoms with van der Waals surface area (Å²) in [5.74, 6) is 0.713. The summed E-state index contributed by atoms with van der Waals surface area (Å²) in [5.41, 5.74) is 0.882. The van der Waals surface area contributed by atoms with Gasteiger partial charge in [-0.3, -0.25) is 0 Å². The topological polar surface area (TPSA) is 64.6 Å². The SMILES string of the molecule is CCc1cc(S(=O)(=O)NCC2CCCO2)ccc1OC. The van der Waals surface area contributed by atoms with Gasteiger partial charge in [-0.05, 0) is 43.0 Å². The third-order valence-electron chi connectivity index (χ3n) is 3.47. The first kappa shape index (κ1) is 15.3. The molecule has 0 aromatic heterocycles. The van der Waals surface area contributed by atoms with Crippen molar-refractivity contribution in [3.63, 3.8) is 0 Å². The van der Waals surface area contributed by atoms with E-state index in [1.807, 2.05) is 6.92 Å². The lowest BCUT2D eigenvalue weighted by atomic mass is 10.1. The van der Waals surface area contributed by atoms with Crippen LogP contribution in [0.4, 0.5) is 0 Å². The highest BCUT2D eigenvalue weighted by molar-refractivity contribution is 7.89. The molecule has 2 rings (SSSR count). The van der Waals surface area contributed by atoms with Gasteiger partial charge in [-0.15, -0.1) is 0 Å². The van der Waals surface area contributed by atoms with Gasteiger partial charge < -0.3 is 9.47 Å². The quantitative estimate of drug-likeness (QED) is 0.868. The van der Waals surface area contributed by atoms with E-state index in [2.05, 4.69) is 4.72 Å². The van der Waals surface area contributed by atoms with Crippen molar-refractivity contribution >= 4 is 10.0 Å². The minimum Gasteiger partial charge on any atom is -0.496 e. The molecule has 1 heterocycles. The maximum absolute atomic E-state index is 12.2. The maximum Gasteiger partial charge on any atom is 0.240 e. The third kappa shape index (κ3) is 3.50. The molecule has 0 aliphatic carbocycles. The maximum atomic E-state index is 12.2. The third-order valence-corrected chi connectivity index (χ3v) is 4.89. The Morgan fingerprint density at radius 1 is 1.45 bits per heavy atom. The number of sulfonamides is 1. The minimum atomic E-state index is -3.49. The molecule has 0 spiro atoms. The van der Waals surface area contributed by atoms with E-state index < -0.39 is 10.0 Å². The van der Waals surface area contributed by atoms with E-state index >= 15 is 0 Å². The fourth-order valence-corrected chi connectivity index (χ4v) is 3.41. The molecule has 1 aliphatic heterocycles. The van der Waals surface area contributed by atoms with Crippen LogP contribution < -0.4 is 9.46 Å². The second kappa shape index (κ2) is 6.56. The highest BCUT2D eigenvalue weighted by atomic mass is 32.2. The zero-order valence-corrected chi connectivity index (χ0v) is 12.7. The molecule has 1 atom stereocenters. The molecule has 5 nitrogen and oxygen atoms in total. The molecule has 1 saturated heterocycles. The molecule has 1 aromatic carbocycles. The fourth-order valence-electron chi connectivity index (χ4n) is 2.29. The number of methoxy groups -OCH3 is 1. The molecule has 1 aromatic rings. The fraction of sp³-hybridized carbons (Fsp3) is 0.571. The van der Waals surface area contributed by atoms with E-state index in [0.29, 0.717) is 12.3 Å². The Labute approximate surface area is 120 Å². The number of hydrogen-bond donors (Lipinski definition) is 1. The molecule has 20 heavy (non-hydrogen) atoms. The first-order valence-corrected chi connectivity index (χ1v) is 8.33. The van der Waals surface area contributed by atoms with Gasteiger partial charge in [0.25, 0.3) is 0 Å². The summed E-state index contributed by atoms with van der Waals surface area (Å²) in [4.78, 5) is 0.271. The average Bonchev–Trinajstić information content (AvgIpc) is 2.97. The lowest BCUT2D eigenvalue weighted by molar-refractivity contribution is 0.114. The van der Waals surface area contributed by atoms with Gasteiger partial charge in [-0.25, -0.2) is 13.1 Å². The number of benzene rings is 1. The first-order chi connectivity index (χ1) is 9.56. The summed E-state index contributed by atoms with van der Waals surface area (Å²) in [5, 5.41) is 0. The molecular weight excluding hydrogens is 278 g/mol. The first-order valence-electron chi connectivity index (χ1n) is 6.85. The van der Waals surface area contributed by atoms with E-state index in [0.717, 1.165) is 31.4 Å². The Kier molecular flexibility index (Phi) is 5.01. The van der Waals surface area contributed by atoms with E-state index in [1.165, 1.54) is 0 Å². The smallest absolute Gasteiger partial charge is 0.240 e. The molecule has 0 radical (unpaired) electrons. The molecule has 6 heteroatoms. The van der Waals surface area contributed by atoms with E-state index in [1.54, 1.807) is 25.3 Å². The summed E-state index contributed by atoms with van der Waals surface area (Å²) in [7, 11) is -1.91. The van der Waals surface area contributed by atoms with Crippen molar-refractivity contribution in [2.75, 3.05) is 20.3 Å². The van der Waals surface area contributed by atoms with Crippen LogP contribution in [0.3, 0.4) is 0 Å². The molecule has 112 valence electrons. The van der Waals surface area contributed by atoms with Gasteiger partial charge in [-0.1, -0.05) is 6.92 Å². The number of nitrogens with one attached hydrogen (secondary N) is 1. The van der Waals surface area contributed by atoms with Crippen molar-refractivity contribution in [3.05, 3.63) is 23.8 Å². The van der Waals surface area contributed by atoms with Crippen LogP contribution in [0, 0.1) is 0 Å². The summed E-state index contributed by atoms with van der Waals surface area (Å²) in [6, 6.07) is 4.92. The van der Waals surface area contributed by atoms with E-state index in [9.17, 15) is 8.42 Å². The summed E-state index contributed by atoms with van der Waals surface area (Å²) < 4.78 is 37.7. The second-order valence-electron chi connectivity index (χ2n) is 4.81. The van der Waals surface area contributed by atoms with Gasteiger partial charge in [0.1, 0.15) is 5.75 Å². The lowest BCUT2D eigenvalue weighted by Crippen LogP contribution is -2.31. The summed E-state index contributed by atoms with van der Waals surface area (Å²) >= 11 is 0. The molecule has 1 fully saturated rings. The number of rotatable bonds is 6.